The molecule has 0 aliphatic carbocycles. The Morgan fingerprint density at radius 1 is 1.35 bits per heavy atom. The number of benzene rings is 1. The maximum atomic E-state index is 10.6. The second-order valence-electron chi connectivity index (χ2n) is 4.60. The largest absolute Gasteiger partial charge is 0.481 e. The van der Waals surface area contributed by atoms with Crippen LogP contribution in [-0.4, -0.2) is 11.1 Å². The molecule has 5 heteroatoms. The van der Waals surface area contributed by atoms with Crippen molar-refractivity contribution < 1.29 is 9.90 Å². The fraction of sp³-hybridized carbons (Fsp3) is 0.267. The van der Waals surface area contributed by atoms with E-state index in [9.17, 15) is 4.79 Å². The third-order valence-corrected chi connectivity index (χ3v) is 4.55. The molecule has 0 bridgehead atoms. The van der Waals surface area contributed by atoms with Crippen molar-refractivity contribution in [2.75, 3.05) is 0 Å². The molecule has 106 valence electrons. The topological polar surface area (TPSA) is 49.3 Å². The Kier molecular flexibility index (Phi) is 5.34. The standard InChI is InChI=1S/C15H16BrNO2S/c1-10(11-3-2-4-12(16)7-11)17-9-14-6-5-13(20-14)8-15(18)19/h2-7,10,17H,8-9H2,1H3,(H,18,19). The molecule has 2 N–H and O–H groups in total. The van der Waals surface area contributed by atoms with Gasteiger partial charge in [0.05, 0.1) is 6.42 Å². The Hall–Kier alpha value is -1.17. The molecule has 0 amide bonds. The highest BCUT2D eigenvalue weighted by Gasteiger charge is 2.08. The van der Waals surface area contributed by atoms with Crippen molar-refractivity contribution in [2.24, 2.45) is 0 Å². The van der Waals surface area contributed by atoms with Crippen LogP contribution in [0, 0.1) is 0 Å². The SMILES string of the molecule is CC(NCc1ccc(CC(=O)O)s1)c1cccc(Br)c1. The highest BCUT2D eigenvalue weighted by atomic mass is 79.9. The number of hydrogen-bond donors (Lipinski definition) is 2. The summed E-state index contributed by atoms with van der Waals surface area (Å²) in [7, 11) is 0. The Morgan fingerprint density at radius 3 is 2.80 bits per heavy atom. The zero-order valence-corrected chi connectivity index (χ0v) is 13.5. The van der Waals surface area contributed by atoms with Gasteiger partial charge in [-0.2, -0.15) is 0 Å². The lowest BCUT2D eigenvalue weighted by Crippen LogP contribution is -2.17. The van der Waals surface area contributed by atoms with Crippen molar-refractivity contribution >= 4 is 33.2 Å². The van der Waals surface area contributed by atoms with Crippen LogP contribution >= 0.6 is 27.3 Å². The van der Waals surface area contributed by atoms with Crippen LogP contribution < -0.4 is 5.32 Å². The Labute approximate surface area is 130 Å². The number of halogens is 1. The molecule has 3 nitrogen and oxygen atoms in total. The predicted molar refractivity (Wildman–Crippen MR) is 85.1 cm³/mol. The van der Waals surface area contributed by atoms with Gasteiger partial charge in [-0.25, -0.2) is 0 Å². The molecule has 1 heterocycles. The minimum absolute atomic E-state index is 0.103. The first kappa shape index (κ1) is 15.2. The number of nitrogens with one attached hydrogen (secondary N) is 1. The van der Waals surface area contributed by atoms with Crippen LogP contribution in [0.1, 0.15) is 28.3 Å². The summed E-state index contributed by atoms with van der Waals surface area (Å²) in [4.78, 5) is 12.7. The van der Waals surface area contributed by atoms with Crippen molar-refractivity contribution in [3.05, 3.63) is 56.2 Å². The molecule has 0 spiro atoms. The molecule has 0 fully saturated rings. The van der Waals surface area contributed by atoms with E-state index < -0.39 is 5.97 Å². The van der Waals surface area contributed by atoms with E-state index >= 15 is 0 Å². The van der Waals surface area contributed by atoms with E-state index in [1.807, 2.05) is 24.3 Å². The fourth-order valence-electron chi connectivity index (χ4n) is 1.91. The maximum Gasteiger partial charge on any atom is 0.308 e. The van der Waals surface area contributed by atoms with Crippen LogP contribution in [0.3, 0.4) is 0 Å². The van der Waals surface area contributed by atoms with Crippen LogP contribution in [0.25, 0.3) is 0 Å². The first-order valence-corrected chi connectivity index (χ1v) is 7.94. The van der Waals surface area contributed by atoms with E-state index in [0.717, 1.165) is 20.8 Å². The van der Waals surface area contributed by atoms with Gasteiger partial charge in [0, 0.05) is 26.8 Å². The first-order chi connectivity index (χ1) is 9.54. The molecule has 0 aliphatic heterocycles. The van der Waals surface area contributed by atoms with Gasteiger partial charge in [0.15, 0.2) is 0 Å². The Bertz CT molecular complexity index is 597. The molecule has 0 aliphatic rings. The van der Waals surface area contributed by atoms with Crippen molar-refractivity contribution in [3.8, 4) is 0 Å². The number of carboxylic acid groups (broad SMARTS) is 1. The van der Waals surface area contributed by atoms with Crippen molar-refractivity contribution in [1.29, 1.82) is 0 Å². The van der Waals surface area contributed by atoms with Crippen LogP contribution in [0.2, 0.25) is 0 Å². The lowest BCUT2D eigenvalue weighted by atomic mass is 10.1. The van der Waals surface area contributed by atoms with Gasteiger partial charge in [0.1, 0.15) is 0 Å². The number of rotatable bonds is 6. The third-order valence-electron chi connectivity index (χ3n) is 2.97. The van der Waals surface area contributed by atoms with Crippen molar-refractivity contribution in [1.82, 2.24) is 5.32 Å². The van der Waals surface area contributed by atoms with E-state index in [4.69, 9.17) is 5.11 Å². The van der Waals surface area contributed by atoms with Gasteiger partial charge in [-0.15, -0.1) is 11.3 Å². The Morgan fingerprint density at radius 2 is 2.10 bits per heavy atom. The normalized spacial score (nSPS) is 12.3. The summed E-state index contributed by atoms with van der Waals surface area (Å²) in [5.41, 5.74) is 1.22. The van der Waals surface area contributed by atoms with Crippen LogP contribution in [-0.2, 0) is 17.8 Å². The molecule has 0 radical (unpaired) electrons. The molecule has 20 heavy (non-hydrogen) atoms. The summed E-state index contributed by atoms with van der Waals surface area (Å²) in [6, 6.07) is 12.3. The van der Waals surface area contributed by atoms with Gasteiger partial charge >= 0.3 is 5.97 Å². The average molecular weight is 354 g/mol. The van der Waals surface area contributed by atoms with Crippen LogP contribution in [0.15, 0.2) is 40.9 Å². The van der Waals surface area contributed by atoms with Crippen molar-refractivity contribution in [3.63, 3.8) is 0 Å². The second-order valence-corrected chi connectivity index (χ2v) is 6.76. The maximum absolute atomic E-state index is 10.6. The van der Waals surface area contributed by atoms with E-state index in [1.54, 1.807) is 11.3 Å². The zero-order chi connectivity index (χ0) is 14.5. The van der Waals surface area contributed by atoms with Gasteiger partial charge in [-0.3, -0.25) is 4.79 Å². The van der Waals surface area contributed by atoms with Crippen LogP contribution in [0.4, 0.5) is 0 Å². The lowest BCUT2D eigenvalue weighted by Gasteiger charge is -2.13. The van der Waals surface area contributed by atoms with Crippen LogP contribution in [0.5, 0.6) is 0 Å². The van der Waals surface area contributed by atoms with Crippen molar-refractivity contribution in [2.45, 2.75) is 25.9 Å². The molecule has 2 rings (SSSR count). The van der Waals surface area contributed by atoms with Gasteiger partial charge in [-0.05, 0) is 36.8 Å². The summed E-state index contributed by atoms with van der Waals surface area (Å²) >= 11 is 5.02. The van der Waals surface area contributed by atoms with Gasteiger partial charge in [-0.1, -0.05) is 28.1 Å². The summed E-state index contributed by atoms with van der Waals surface area (Å²) in [5.74, 6) is -0.783. The molecule has 0 saturated heterocycles. The summed E-state index contributed by atoms with van der Waals surface area (Å²) in [6.07, 6.45) is 0.103. The molecule has 0 saturated carbocycles. The van der Waals surface area contributed by atoms with E-state index in [1.165, 1.54) is 5.56 Å². The smallest absolute Gasteiger partial charge is 0.308 e. The highest BCUT2D eigenvalue weighted by Crippen LogP contribution is 2.20. The zero-order valence-electron chi connectivity index (χ0n) is 11.1. The Balaban J connectivity index is 1.91. The molecular formula is C15H16BrNO2S. The molecule has 1 aromatic carbocycles. The first-order valence-electron chi connectivity index (χ1n) is 6.33. The fourth-order valence-corrected chi connectivity index (χ4v) is 3.29. The minimum atomic E-state index is -0.783. The molecule has 2 aromatic rings. The van der Waals surface area contributed by atoms with E-state index in [2.05, 4.69) is 40.3 Å². The average Bonchev–Trinajstić information content (AvgIpc) is 2.82. The molecule has 1 unspecified atom stereocenters. The van der Waals surface area contributed by atoms with Gasteiger partial charge < -0.3 is 10.4 Å². The van der Waals surface area contributed by atoms with Gasteiger partial charge in [0.2, 0.25) is 0 Å². The number of hydrogen-bond acceptors (Lipinski definition) is 3. The quantitative estimate of drug-likeness (QED) is 0.825. The number of carboxylic acids is 1. The molecule has 1 atom stereocenters. The van der Waals surface area contributed by atoms with E-state index in [-0.39, 0.29) is 12.5 Å². The third kappa shape index (κ3) is 4.44. The number of thiophene rings is 1. The van der Waals surface area contributed by atoms with E-state index in [0.29, 0.717) is 0 Å². The highest BCUT2D eigenvalue weighted by molar-refractivity contribution is 9.10. The number of carbonyl (C=O) groups is 1. The monoisotopic (exact) mass is 353 g/mol. The van der Waals surface area contributed by atoms with Gasteiger partial charge in [0.25, 0.3) is 0 Å². The lowest BCUT2D eigenvalue weighted by molar-refractivity contribution is -0.136. The number of aliphatic carboxylic acids is 1. The minimum Gasteiger partial charge on any atom is -0.481 e. The summed E-state index contributed by atoms with van der Waals surface area (Å²) in [5, 5.41) is 12.2. The summed E-state index contributed by atoms with van der Waals surface area (Å²) in [6.45, 7) is 2.87. The molecule has 1 aromatic heterocycles. The molecular weight excluding hydrogens is 338 g/mol. The summed E-state index contributed by atoms with van der Waals surface area (Å²) < 4.78 is 1.07. The second kappa shape index (κ2) is 7.02. The predicted octanol–water partition coefficient (Wildman–Crippen LogP) is 3.99.